The Kier molecular flexibility index (Phi) is 5.68. The first-order chi connectivity index (χ1) is 16.2. The zero-order valence-electron chi connectivity index (χ0n) is 18.4. The molecule has 4 aromatic rings. The minimum Gasteiger partial charge on any atom is -0.481 e. The van der Waals surface area contributed by atoms with E-state index in [1.54, 1.807) is 6.92 Å². The van der Waals surface area contributed by atoms with Gasteiger partial charge in [-0.05, 0) is 60.9 Å². The average molecular weight is 436 g/mol. The molecule has 0 radical (unpaired) electrons. The van der Waals surface area contributed by atoms with Gasteiger partial charge in [0.05, 0.1) is 11.4 Å². The fourth-order valence-corrected chi connectivity index (χ4v) is 3.98. The third-order valence-corrected chi connectivity index (χ3v) is 5.66. The Morgan fingerprint density at radius 2 is 1.70 bits per heavy atom. The summed E-state index contributed by atoms with van der Waals surface area (Å²) in [5.74, 6) is 0.477. The van der Waals surface area contributed by atoms with Gasteiger partial charge in [0.15, 0.2) is 6.10 Å². The number of amides is 1. The van der Waals surface area contributed by atoms with E-state index in [4.69, 9.17) is 4.74 Å². The van der Waals surface area contributed by atoms with Gasteiger partial charge in [0, 0.05) is 29.5 Å². The van der Waals surface area contributed by atoms with Gasteiger partial charge in [-0.2, -0.15) is 0 Å². The molecule has 5 nitrogen and oxygen atoms in total. The van der Waals surface area contributed by atoms with Gasteiger partial charge in [-0.25, -0.2) is 0 Å². The summed E-state index contributed by atoms with van der Waals surface area (Å²) >= 11 is 0. The lowest BCUT2D eigenvalue weighted by Crippen LogP contribution is -2.30. The molecule has 0 fully saturated rings. The second kappa shape index (κ2) is 9.09. The molecule has 1 atom stereocenters. The fraction of sp³-hybridized carbons (Fsp3) is 0.107. The fourth-order valence-electron chi connectivity index (χ4n) is 3.98. The number of rotatable bonds is 5. The number of fused-ring (bicyclic) bond motifs is 3. The normalized spacial score (nSPS) is 13.5. The van der Waals surface area contributed by atoms with Crippen LogP contribution in [0.4, 0.5) is 22.7 Å². The van der Waals surface area contributed by atoms with Crippen LogP contribution in [-0.2, 0) is 4.79 Å². The largest absolute Gasteiger partial charge is 0.481 e. The van der Waals surface area contributed by atoms with Crippen LogP contribution in [0.3, 0.4) is 0 Å². The Bertz CT molecular complexity index is 1300. The van der Waals surface area contributed by atoms with Gasteiger partial charge >= 0.3 is 0 Å². The SMILES string of the molecule is CC(Oc1ccccc1)C(=O)Nc1ccc(N2C=CCNc3c2ccc2ccccc32)cc1. The molecule has 0 aromatic heterocycles. The molecular formula is C28H25N3O2. The molecule has 0 aliphatic carbocycles. The van der Waals surface area contributed by atoms with Gasteiger partial charge in [0.25, 0.3) is 5.91 Å². The number of carbonyl (C=O) groups excluding carboxylic acids is 1. The Hall–Kier alpha value is -4.25. The highest BCUT2D eigenvalue weighted by Crippen LogP contribution is 2.39. The molecule has 1 heterocycles. The molecule has 0 saturated heterocycles. The number of carbonyl (C=O) groups is 1. The number of nitrogens with zero attached hydrogens (tertiary/aromatic N) is 1. The van der Waals surface area contributed by atoms with Crippen molar-refractivity contribution in [3.63, 3.8) is 0 Å². The molecule has 0 spiro atoms. The van der Waals surface area contributed by atoms with E-state index in [0.29, 0.717) is 5.75 Å². The van der Waals surface area contributed by atoms with Gasteiger partial charge in [0.2, 0.25) is 0 Å². The Morgan fingerprint density at radius 1 is 0.939 bits per heavy atom. The van der Waals surface area contributed by atoms with E-state index in [2.05, 4.69) is 64.2 Å². The topological polar surface area (TPSA) is 53.6 Å². The second-order valence-corrected chi connectivity index (χ2v) is 7.93. The van der Waals surface area contributed by atoms with Crippen LogP contribution in [0.15, 0.2) is 103 Å². The van der Waals surface area contributed by atoms with Crippen molar-refractivity contribution in [2.24, 2.45) is 0 Å². The summed E-state index contributed by atoms with van der Waals surface area (Å²) in [5.41, 5.74) is 3.94. The maximum absolute atomic E-state index is 12.6. The van der Waals surface area contributed by atoms with Crippen LogP contribution in [-0.4, -0.2) is 18.6 Å². The minimum absolute atomic E-state index is 0.192. The van der Waals surface area contributed by atoms with E-state index in [9.17, 15) is 4.79 Å². The van der Waals surface area contributed by atoms with Crippen LogP contribution in [0.1, 0.15) is 6.92 Å². The molecule has 0 bridgehead atoms. The molecule has 0 saturated carbocycles. The highest BCUT2D eigenvalue weighted by atomic mass is 16.5. The van der Waals surface area contributed by atoms with Crippen LogP contribution in [0.25, 0.3) is 10.8 Å². The van der Waals surface area contributed by atoms with Crippen LogP contribution >= 0.6 is 0 Å². The maximum Gasteiger partial charge on any atom is 0.265 e. The Morgan fingerprint density at radius 3 is 2.52 bits per heavy atom. The standard InChI is InChI=1S/C28H25N3O2/c1-20(33-24-9-3-2-4-10-24)28(32)30-22-13-15-23(16-14-22)31-19-7-18-29-27-25-11-6-5-8-21(25)12-17-26(27)31/h2-17,19-20,29H,18H2,1H3,(H,30,32). The van der Waals surface area contributed by atoms with E-state index in [0.717, 1.165) is 29.3 Å². The zero-order valence-corrected chi connectivity index (χ0v) is 18.4. The summed E-state index contributed by atoms with van der Waals surface area (Å²) in [6, 6.07) is 29.9. The lowest BCUT2D eigenvalue weighted by atomic mass is 10.1. The molecule has 4 aromatic carbocycles. The number of hydrogen-bond acceptors (Lipinski definition) is 4. The molecule has 2 N–H and O–H groups in total. The quantitative estimate of drug-likeness (QED) is 0.385. The predicted octanol–water partition coefficient (Wildman–Crippen LogP) is 6.32. The smallest absolute Gasteiger partial charge is 0.265 e. The summed E-state index contributed by atoms with van der Waals surface area (Å²) in [4.78, 5) is 14.7. The number of ether oxygens (including phenoxy) is 1. The van der Waals surface area contributed by atoms with E-state index < -0.39 is 6.10 Å². The molecule has 164 valence electrons. The van der Waals surface area contributed by atoms with E-state index in [1.807, 2.05) is 54.6 Å². The number of para-hydroxylation sites is 1. The first kappa shape index (κ1) is 20.6. The van der Waals surface area contributed by atoms with Crippen molar-refractivity contribution in [1.29, 1.82) is 0 Å². The lowest BCUT2D eigenvalue weighted by molar-refractivity contribution is -0.122. The van der Waals surface area contributed by atoms with Gasteiger partial charge in [-0.1, -0.05) is 48.5 Å². The second-order valence-electron chi connectivity index (χ2n) is 7.93. The van der Waals surface area contributed by atoms with Crippen molar-refractivity contribution < 1.29 is 9.53 Å². The van der Waals surface area contributed by atoms with Gasteiger partial charge < -0.3 is 20.3 Å². The van der Waals surface area contributed by atoms with Crippen molar-refractivity contribution in [2.75, 3.05) is 22.1 Å². The molecule has 1 aliphatic heterocycles. The predicted molar refractivity (Wildman–Crippen MR) is 135 cm³/mol. The molecule has 1 aliphatic rings. The highest BCUT2D eigenvalue weighted by molar-refractivity contribution is 6.02. The minimum atomic E-state index is -0.605. The van der Waals surface area contributed by atoms with Gasteiger partial charge in [0.1, 0.15) is 5.75 Å². The highest BCUT2D eigenvalue weighted by Gasteiger charge is 2.17. The van der Waals surface area contributed by atoms with Gasteiger partial charge in [-0.3, -0.25) is 4.79 Å². The first-order valence-corrected chi connectivity index (χ1v) is 11.0. The molecular weight excluding hydrogens is 410 g/mol. The summed E-state index contributed by atoms with van der Waals surface area (Å²) in [5, 5.41) is 8.87. The third kappa shape index (κ3) is 4.39. The first-order valence-electron chi connectivity index (χ1n) is 11.0. The number of hydrogen-bond donors (Lipinski definition) is 2. The molecule has 1 amide bonds. The number of nitrogens with one attached hydrogen (secondary N) is 2. The third-order valence-electron chi connectivity index (χ3n) is 5.66. The van der Waals surface area contributed by atoms with Crippen molar-refractivity contribution >= 4 is 39.4 Å². The van der Waals surface area contributed by atoms with E-state index in [-0.39, 0.29) is 5.91 Å². The van der Waals surface area contributed by atoms with Crippen molar-refractivity contribution in [3.8, 4) is 5.75 Å². The van der Waals surface area contributed by atoms with E-state index in [1.165, 1.54) is 10.8 Å². The Balaban J connectivity index is 1.34. The Labute approximate surface area is 193 Å². The maximum atomic E-state index is 12.6. The average Bonchev–Trinajstić information content (AvgIpc) is 3.08. The van der Waals surface area contributed by atoms with Crippen LogP contribution in [0, 0.1) is 0 Å². The van der Waals surface area contributed by atoms with Crippen LogP contribution in [0.2, 0.25) is 0 Å². The van der Waals surface area contributed by atoms with Crippen molar-refractivity contribution in [2.45, 2.75) is 13.0 Å². The van der Waals surface area contributed by atoms with Crippen molar-refractivity contribution in [3.05, 3.63) is 103 Å². The van der Waals surface area contributed by atoms with Crippen LogP contribution in [0.5, 0.6) is 5.75 Å². The molecule has 1 unspecified atom stereocenters. The molecule has 33 heavy (non-hydrogen) atoms. The van der Waals surface area contributed by atoms with E-state index >= 15 is 0 Å². The monoisotopic (exact) mass is 435 g/mol. The van der Waals surface area contributed by atoms with Gasteiger partial charge in [-0.15, -0.1) is 0 Å². The van der Waals surface area contributed by atoms with Crippen molar-refractivity contribution in [1.82, 2.24) is 0 Å². The molecule has 5 rings (SSSR count). The number of benzene rings is 4. The summed E-state index contributed by atoms with van der Waals surface area (Å²) < 4.78 is 5.72. The summed E-state index contributed by atoms with van der Waals surface area (Å²) in [6.45, 7) is 2.50. The lowest BCUT2D eigenvalue weighted by Gasteiger charge is -2.23. The summed E-state index contributed by atoms with van der Waals surface area (Å²) in [7, 11) is 0. The zero-order chi connectivity index (χ0) is 22.6. The van der Waals surface area contributed by atoms with Crippen LogP contribution < -0.4 is 20.3 Å². The summed E-state index contributed by atoms with van der Waals surface area (Å²) in [6.07, 6.45) is 3.58. The number of anilines is 4. The molecule has 5 heteroatoms.